The van der Waals surface area contributed by atoms with Crippen molar-refractivity contribution in [2.24, 2.45) is 0 Å². The number of anilines is 2. The molecule has 0 fully saturated rings. The van der Waals surface area contributed by atoms with Crippen molar-refractivity contribution in [3.05, 3.63) is 34.5 Å². The van der Waals surface area contributed by atoms with Gasteiger partial charge in [0.05, 0.1) is 0 Å². The number of nitrogen functional groups attached to an aromatic ring is 1. The van der Waals surface area contributed by atoms with Crippen molar-refractivity contribution in [2.75, 3.05) is 24.2 Å². The molecule has 0 radical (unpaired) electrons. The lowest BCUT2D eigenvalue weighted by molar-refractivity contribution is 0.0955. The van der Waals surface area contributed by atoms with Gasteiger partial charge in [-0.1, -0.05) is 17.4 Å². The lowest BCUT2D eigenvalue weighted by Gasteiger charge is -2.10. The SMILES string of the molecule is CCN(C)c1nc(N)c(C(=O)NCc2ccc(C)nc2)s1. The third kappa shape index (κ3) is 3.69. The summed E-state index contributed by atoms with van der Waals surface area (Å²) in [6.45, 7) is 5.17. The Hall–Kier alpha value is -2.15. The molecule has 0 unspecified atom stereocenters. The van der Waals surface area contributed by atoms with Gasteiger partial charge < -0.3 is 16.0 Å². The number of amides is 1. The Balaban J connectivity index is 2.03. The van der Waals surface area contributed by atoms with Crippen molar-refractivity contribution >= 4 is 28.2 Å². The zero-order valence-electron chi connectivity index (χ0n) is 12.4. The summed E-state index contributed by atoms with van der Waals surface area (Å²) in [5.41, 5.74) is 7.72. The number of pyridine rings is 1. The van der Waals surface area contributed by atoms with Crippen LogP contribution >= 0.6 is 11.3 Å². The van der Waals surface area contributed by atoms with Gasteiger partial charge in [0.1, 0.15) is 10.7 Å². The Labute approximate surface area is 128 Å². The van der Waals surface area contributed by atoms with Gasteiger partial charge in [-0.3, -0.25) is 9.78 Å². The number of carbonyl (C=O) groups is 1. The average molecular weight is 305 g/mol. The molecule has 6 nitrogen and oxygen atoms in total. The molecule has 2 heterocycles. The highest BCUT2D eigenvalue weighted by Gasteiger charge is 2.17. The second kappa shape index (κ2) is 6.53. The van der Waals surface area contributed by atoms with E-state index in [9.17, 15) is 4.79 Å². The molecule has 2 aromatic heterocycles. The third-order valence-electron chi connectivity index (χ3n) is 3.07. The molecule has 0 saturated heterocycles. The Morgan fingerprint density at radius 3 is 2.86 bits per heavy atom. The van der Waals surface area contributed by atoms with Crippen molar-refractivity contribution in [1.82, 2.24) is 15.3 Å². The van der Waals surface area contributed by atoms with E-state index in [1.165, 1.54) is 11.3 Å². The number of rotatable bonds is 5. The van der Waals surface area contributed by atoms with Crippen LogP contribution in [0.4, 0.5) is 10.9 Å². The molecule has 0 saturated carbocycles. The maximum Gasteiger partial charge on any atom is 0.265 e. The highest BCUT2D eigenvalue weighted by Crippen LogP contribution is 2.27. The van der Waals surface area contributed by atoms with Gasteiger partial charge in [0.15, 0.2) is 5.13 Å². The van der Waals surface area contributed by atoms with Gasteiger partial charge in [-0.15, -0.1) is 0 Å². The molecular weight excluding hydrogens is 286 g/mol. The fourth-order valence-electron chi connectivity index (χ4n) is 1.65. The summed E-state index contributed by atoms with van der Waals surface area (Å²) in [5.74, 6) is 0.0659. The van der Waals surface area contributed by atoms with E-state index in [0.29, 0.717) is 11.4 Å². The van der Waals surface area contributed by atoms with Crippen LogP contribution in [0.5, 0.6) is 0 Å². The molecule has 0 spiro atoms. The normalized spacial score (nSPS) is 10.4. The lowest BCUT2D eigenvalue weighted by atomic mass is 10.2. The number of hydrogen-bond acceptors (Lipinski definition) is 6. The minimum atomic E-state index is -0.207. The zero-order valence-corrected chi connectivity index (χ0v) is 13.2. The highest BCUT2D eigenvalue weighted by molar-refractivity contribution is 7.18. The summed E-state index contributed by atoms with van der Waals surface area (Å²) in [5, 5.41) is 3.59. The number of hydrogen-bond donors (Lipinski definition) is 2. The van der Waals surface area contributed by atoms with Crippen LogP contribution in [0.25, 0.3) is 0 Å². The predicted octanol–water partition coefficient (Wildman–Crippen LogP) is 1.81. The molecule has 21 heavy (non-hydrogen) atoms. The number of nitrogens with two attached hydrogens (primary N) is 1. The van der Waals surface area contributed by atoms with Crippen LogP contribution in [0.3, 0.4) is 0 Å². The Morgan fingerprint density at radius 2 is 2.24 bits per heavy atom. The number of nitrogens with zero attached hydrogens (tertiary/aromatic N) is 3. The monoisotopic (exact) mass is 305 g/mol. The molecule has 2 aromatic rings. The molecule has 3 N–H and O–H groups in total. The van der Waals surface area contributed by atoms with Crippen LogP contribution in [-0.2, 0) is 6.54 Å². The third-order valence-corrected chi connectivity index (χ3v) is 4.26. The summed E-state index contributed by atoms with van der Waals surface area (Å²) in [7, 11) is 1.91. The minimum Gasteiger partial charge on any atom is -0.382 e. The van der Waals surface area contributed by atoms with E-state index in [1.807, 2.05) is 37.9 Å². The molecule has 0 aliphatic carbocycles. The number of nitrogens with one attached hydrogen (secondary N) is 1. The largest absolute Gasteiger partial charge is 0.382 e. The maximum absolute atomic E-state index is 12.2. The molecule has 112 valence electrons. The van der Waals surface area contributed by atoms with Crippen LogP contribution in [0, 0.1) is 6.92 Å². The van der Waals surface area contributed by atoms with Gasteiger partial charge in [-0.2, -0.15) is 0 Å². The van der Waals surface area contributed by atoms with Gasteiger partial charge >= 0.3 is 0 Å². The summed E-state index contributed by atoms with van der Waals surface area (Å²) >= 11 is 1.30. The second-order valence-electron chi connectivity index (χ2n) is 4.72. The van der Waals surface area contributed by atoms with E-state index in [-0.39, 0.29) is 11.7 Å². The van der Waals surface area contributed by atoms with E-state index in [1.54, 1.807) is 6.20 Å². The number of aromatic nitrogens is 2. The van der Waals surface area contributed by atoms with E-state index < -0.39 is 0 Å². The molecule has 2 rings (SSSR count). The maximum atomic E-state index is 12.2. The lowest BCUT2D eigenvalue weighted by Crippen LogP contribution is -2.22. The Kier molecular flexibility index (Phi) is 4.74. The molecule has 1 amide bonds. The van der Waals surface area contributed by atoms with Crippen LogP contribution < -0.4 is 16.0 Å². The minimum absolute atomic E-state index is 0.207. The quantitative estimate of drug-likeness (QED) is 0.880. The summed E-state index contributed by atoms with van der Waals surface area (Å²) in [4.78, 5) is 23.0. The summed E-state index contributed by atoms with van der Waals surface area (Å²) in [6, 6.07) is 3.85. The van der Waals surface area contributed by atoms with E-state index in [2.05, 4.69) is 15.3 Å². The summed E-state index contributed by atoms with van der Waals surface area (Å²) < 4.78 is 0. The van der Waals surface area contributed by atoms with Crippen molar-refractivity contribution < 1.29 is 4.79 Å². The second-order valence-corrected chi connectivity index (χ2v) is 5.69. The molecule has 0 bridgehead atoms. The van der Waals surface area contributed by atoms with E-state index in [0.717, 1.165) is 22.9 Å². The number of thiazole rings is 1. The van der Waals surface area contributed by atoms with E-state index >= 15 is 0 Å². The first kappa shape index (κ1) is 15.2. The fourth-order valence-corrected chi connectivity index (χ4v) is 2.57. The number of carbonyl (C=O) groups excluding carboxylic acids is 1. The Morgan fingerprint density at radius 1 is 1.48 bits per heavy atom. The standard InChI is InChI=1S/C14H19N5OS/c1-4-19(3)14-18-12(15)11(21-14)13(20)17-8-10-6-5-9(2)16-7-10/h5-7H,4,8,15H2,1-3H3,(H,17,20). The Bertz CT molecular complexity index is 623. The first-order valence-electron chi connectivity index (χ1n) is 6.68. The van der Waals surface area contributed by atoms with Crippen LogP contribution in [0.2, 0.25) is 0 Å². The number of aryl methyl sites for hydroxylation is 1. The van der Waals surface area contributed by atoms with Crippen LogP contribution in [0.1, 0.15) is 27.9 Å². The molecule has 0 atom stereocenters. The molecule has 0 aliphatic heterocycles. The van der Waals surface area contributed by atoms with Gasteiger partial charge in [0.25, 0.3) is 5.91 Å². The highest BCUT2D eigenvalue weighted by atomic mass is 32.1. The molecular formula is C14H19N5OS. The predicted molar refractivity (Wildman–Crippen MR) is 85.6 cm³/mol. The van der Waals surface area contributed by atoms with Gasteiger partial charge in [-0.05, 0) is 25.5 Å². The van der Waals surface area contributed by atoms with Crippen LogP contribution in [-0.4, -0.2) is 29.5 Å². The molecule has 7 heteroatoms. The van der Waals surface area contributed by atoms with E-state index in [4.69, 9.17) is 5.73 Å². The van der Waals surface area contributed by atoms with Crippen molar-refractivity contribution in [2.45, 2.75) is 20.4 Å². The van der Waals surface area contributed by atoms with Gasteiger partial charge in [0.2, 0.25) is 0 Å². The van der Waals surface area contributed by atoms with Crippen molar-refractivity contribution in [3.8, 4) is 0 Å². The zero-order chi connectivity index (χ0) is 15.4. The van der Waals surface area contributed by atoms with Crippen LogP contribution in [0.15, 0.2) is 18.3 Å². The average Bonchev–Trinajstić information content (AvgIpc) is 2.87. The first-order valence-corrected chi connectivity index (χ1v) is 7.50. The first-order chi connectivity index (χ1) is 10.0. The fraction of sp³-hybridized carbons (Fsp3) is 0.357. The summed E-state index contributed by atoms with van der Waals surface area (Å²) in [6.07, 6.45) is 1.75. The smallest absolute Gasteiger partial charge is 0.265 e. The van der Waals surface area contributed by atoms with Crippen molar-refractivity contribution in [1.29, 1.82) is 0 Å². The van der Waals surface area contributed by atoms with Crippen molar-refractivity contribution in [3.63, 3.8) is 0 Å². The molecule has 0 aliphatic rings. The topological polar surface area (TPSA) is 84.1 Å². The van der Waals surface area contributed by atoms with Gasteiger partial charge in [-0.25, -0.2) is 4.98 Å². The van der Waals surface area contributed by atoms with Gasteiger partial charge in [0, 0.05) is 32.0 Å². The molecule has 0 aromatic carbocycles.